The van der Waals surface area contributed by atoms with Crippen LogP contribution in [0, 0.1) is 0 Å². The Hall–Kier alpha value is -3.09. The minimum atomic E-state index is -0.391. The van der Waals surface area contributed by atoms with Crippen LogP contribution in [0.3, 0.4) is 0 Å². The van der Waals surface area contributed by atoms with Crippen molar-refractivity contribution in [2.45, 2.75) is 10.9 Å². The molecule has 0 bridgehead atoms. The van der Waals surface area contributed by atoms with E-state index in [-0.39, 0.29) is 0 Å². The molecule has 0 amide bonds. The average molecular weight is 434 g/mol. The van der Waals surface area contributed by atoms with Gasteiger partial charge in [-0.2, -0.15) is 0 Å². The van der Waals surface area contributed by atoms with Crippen LogP contribution in [0.2, 0.25) is 5.02 Å². The Bertz CT molecular complexity index is 1430. The summed E-state index contributed by atoms with van der Waals surface area (Å²) in [5.41, 5.74) is 4.87. The quantitative estimate of drug-likeness (QED) is 0.204. The van der Waals surface area contributed by atoms with Gasteiger partial charge in [-0.25, -0.2) is 14.8 Å². The van der Waals surface area contributed by atoms with E-state index < -0.39 is 5.97 Å². The number of imidazole rings is 1. The number of methoxy groups -OCH3 is 1. The van der Waals surface area contributed by atoms with Crippen LogP contribution in [0.1, 0.15) is 15.9 Å². The number of hydrogen-bond acceptors (Lipinski definition) is 5. The molecule has 0 saturated carbocycles. The minimum absolute atomic E-state index is 0.391. The van der Waals surface area contributed by atoms with Crippen molar-refractivity contribution in [1.82, 2.24) is 14.4 Å². The van der Waals surface area contributed by atoms with Crippen molar-refractivity contribution in [3.63, 3.8) is 0 Å². The summed E-state index contributed by atoms with van der Waals surface area (Å²) in [6, 6.07) is 21.1. The van der Waals surface area contributed by atoms with E-state index >= 15 is 0 Å². The highest BCUT2D eigenvalue weighted by molar-refractivity contribution is 7.98. The van der Waals surface area contributed by atoms with Gasteiger partial charge in [-0.1, -0.05) is 53.7 Å². The van der Waals surface area contributed by atoms with E-state index in [9.17, 15) is 4.79 Å². The molecule has 5 rings (SSSR count). The van der Waals surface area contributed by atoms with Crippen LogP contribution in [0.4, 0.5) is 0 Å². The number of rotatable bonds is 4. The fourth-order valence-corrected chi connectivity index (χ4v) is 4.76. The third-order valence-electron chi connectivity index (χ3n) is 4.94. The highest BCUT2D eigenvalue weighted by Gasteiger charge is 2.16. The van der Waals surface area contributed by atoms with E-state index in [4.69, 9.17) is 26.3 Å². The normalized spacial score (nSPS) is 11.4. The van der Waals surface area contributed by atoms with Crippen LogP contribution in [-0.4, -0.2) is 27.4 Å². The van der Waals surface area contributed by atoms with E-state index in [1.54, 1.807) is 23.9 Å². The van der Waals surface area contributed by atoms with Crippen molar-refractivity contribution in [1.29, 1.82) is 0 Å². The van der Waals surface area contributed by atoms with E-state index in [0.29, 0.717) is 16.8 Å². The molecule has 0 fully saturated rings. The van der Waals surface area contributed by atoms with E-state index in [1.165, 1.54) is 7.11 Å². The number of fused-ring (bicyclic) bond motifs is 5. The van der Waals surface area contributed by atoms with Crippen molar-refractivity contribution in [2.75, 3.05) is 7.11 Å². The zero-order valence-corrected chi connectivity index (χ0v) is 17.6. The molecular weight excluding hydrogens is 418 g/mol. The van der Waals surface area contributed by atoms with E-state index in [1.807, 2.05) is 54.6 Å². The Morgan fingerprint density at radius 3 is 2.67 bits per heavy atom. The molecule has 0 radical (unpaired) electrons. The lowest BCUT2D eigenvalue weighted by atomic mass is 10.1. The lowest BCUT2D eigenvalue weighted by molar-refractivity contribution is 0.0601. The Labute approximate surface area is 181 Å². The fraction of sp³-hybridized carbons (Fsp3) is 0.0870. The smallest absolute Gasteiger partial charge is 0.337 e. The van der Waals surface area contributed by atoms with Crippen LogP contribution in [-0.2, 0) is 10.5 Å². The van der Waals surface area contributed by atoms with Crippen molar-refractivity contribution >= 4 is 56.9 Å². The molecular formula is C23H16ClN3O2S. The molecule has 0 unspecified atom stereocenters. The SMILES string of the molecule is COC(=O)c1ccc2c(c1)nc(SCc1ccccc1Cl)n1c3ccccc3nc21. The molecule has 7 heteroatoms. The number of benzene rings is 3. The second-order valence-corrected chi connectivity index (χ2v) is 8.11. The van der Waals surface area contributed by atoms with Crippen molar-refractivity contribution < 1.29 is 9.53 Å². The monoisotopic (exact) mass is 433 g/mol. The maximum Gasteiger partial charge on any atom is 0.337 e. The maximum atomic E-state index is 12.0. The third-order valence-corrected chi connectivity index (χ3v) is 6.30. The van der Waals surface area contributed by atoms with Gasteiger partial charge in [0.15, 0.2) is 5.16 Å². The van der Waals surface area contributed by atoms with Crippen LogP contribution in [0.15, 0.2) is 71.9 Å². The van der Waals surface area contributed by atoms with Gasteiger partial charge in [-0.05, 0) is 42.0 Å². The number of nitrogens with zero attached hydrogens (tertiary/aromatic N) is 3. The van der Waals surface area contributed by atoms with Crippen LogP contribution >= 0.6 is 23.4 Å². The Morgan fingerprint density at radius 1 is 1.03 bits per heavy atom. The topological polar surface area (TPSA) is 56.5 Å². The van der Waals surface area contributed by atoms with Gasteiger partial charge in [0, 0.05) is 16.2 Å². The van der Waals surface area contributed by atoms with Gasteiger partial charge in [-0.3, -0.25) is 4.40 Å². The number of carbonyl (C=O) groups is 1. The molecule has 0 atom stereocenters. The highest BCUT2D eigenvalue weighted by Crippen LogP contribution is 2.32. The number of aromatic nitrogens is 3. The van der Waals surface area contributed by atoms with Crippen LogP contribution < -0.4 is 0 Å². The third kappa shape index (κ3) is 3.18. The van der Waals surface area contributed by atoms with Crippen LogP contribution in [0.25, 0.3) is 27.6 Å². The molecule has 0 aliphatic heterocycles. The highest BCUT2D eigenvalue weighted by atomic mass is 35.5. The van der Waals surface area contributed by atoms with Crippen molar-refractivity contribution in [3.05, 3.63) is 82.9 Å². The number of hydrogen-bond donors (Lipinski definition) is 0. The molecule has 3 aromatic carbocycles. The van der Waals surface area contributed by atoms with Gasteiger partial charge in [-0.15, -0.1) is 0 Å². The molecule has 148 valence electrons. The minimum Gasteiger partial charge on any atom is -0.465 e. The first-order chi connectivity index (χ1) is 14.7. The summed E-state index contributed by atoms with van der Waals surface area (Å²) in [6.07, 6.45) is 0. The summed E-state index contributed by atoms with van der Waals surface area (Å²) in [5.74, 6) is 0.272. The molecule has 0 aliphatic carbocycles. The Morgan fingerprint density at radius 2 is 1.83 bits per heavy atom. The van der Waals surface area contributed by atoms with Crippen molar-refractivity contribution in [2.24, 2.45) is 0 Å². The molecule has 30 heavy (non-hydrogen) atoms. The van der Waals surface area contributed by atoms with Gasteiger partial charge in [0.1, 0.15) is 5.65 Å². The van der Waals surface area contributed by atoms with E-state index in [2.05, 4.69) is 4.40 Å². The average Bonchev–Trinajstić information content (AvgIpc) is 3.17. The summed E-state index contributed by atoms with van der Waals surface area (Å²) in [4.78, 5) is 21.7. The summed E-state index contributed by atoms with van der Waals surface area (Å²) in [6.45, 7) is 0. The van der Waals surface area contributed by atoms with E-state index in [0.717, 1.165) is 37.8 Å². The lowest BCUT2D eigenvalue weighted by Gasteiger charge is -2.10. The maximum absolute atomic E-state index is 12.0. The summed E-state index contributed by atoms with van der Waals surface area (Å²) < 4.78 is 6.93. The van der Waals surface area contributed by atoms with Gasteiger partial charge in [0.25, 0.3) is 0 Å². The molecule has 0 spiro atoms. The number of ether oxygens (including phenoxy) is 1. The number of halogens is 1. The van der Waals surface area contributed by atoms with Gasteiger partial charge in [0.2, 0.25) is 0 Å². The molecule has 5 aromatic rings. The largest absolute Gasteiger partial charge is 0.465 e. The predicted molar refractivity (Wildman–Crippen MR) is 120 cm³/mol. The molecule has 0 saturated heterocycles. The van der Waals surface area contributed by atoms with Gasteiger partial charge >= 0.3 is 5.97 Å². The first-order valence-corrected chi connectivity index (χ1v) is 10.7. The summed E-state index contributed by atoms with van der Waals surface area (Å²) in [5, 5.41) is 2.39. The molecule has 0 N–H and O–H groups in total. The zero-order chi connectivity index (χ0) is 20.7. The molecule has 0 aliphatic rings. The Kier molecular flexibility index (Phi) is 4.81. The summed E-state index contributed by atoms with van der Waals surface area (Å²) in [7, 11) is 1.37. The zero-order valence-electron chi connectivity index (χ0n) is 16.0. The lowest BCUT2D eigenvalue weighted by Crippen LogP contribution is -2.02. The number of thioether (sulfide) groups is 1. The second-order valence-electron chi connectivity index (χ2n) is 6.76. The molecule has 2 aromatic heterocycles. The second kappa shape index (κ2) is 7.63. The summed E-state index contributed by atoms with van der Waals surface area (Å²) >= 11 is 7.93. The molecule has 5 nitrogen and oxygen atoms in total. The first-order valence-electron chi connectivity index (χ1n) is 9.31. The number of carbonyl (C=O) groups excluding carboxylic acids is 1. The first kappa shape index (κ1) is 18.9. The van der Waals surface area contributed by atoms with Gasteiger partial charge < -0.3 is 4.74 Å². The standard InChI is InChI=1S/C23H16ClN3O2S/c1-29-22(28)14-10-11-16-19(12-14)26-23(30-13-15-6-2-3-7-17(15)24)27-20-9-5-4-8-18(20)25-21(16)27/h2-12H,13H2,1H3. The van der Waals surface area contributed by atoms with Crippen molar-refractivity contribution in [3.8, 4) is 0 Å². The van der Waals surface area contributed by atoms with Crippen LogP contribution in [0.5, 0.6) is 0 Å². The predicted octanol–water partition coefficient (Wildman–Crippen LogP) is 5.77. The number of para-hydroxylation sites is 2. The van der Waals surface area contributed by atoms with Gasteiger partial charge in [0.05, 0.1) is 29.2 Å². The number of esters is 1. The fourth-order valence-electron chi connectivity index (χ4n) is 3.47. The molecule has 2 heterocycles. The Balaban J connectivity index is 1.72.